The molecule has 0 atom stereocenters. The maximum atomic E-state index is 12.3. The van der Waals surface area contributed by atoms with E-state index in [2.05, 4.69) is 58.3 Å². The fraction of sp³-hybridized carbons (Fsp3) is 0.421. The van der Waals surface area contributed by atoms with Crippen molar-refractivity contribution in [3.05, 3.63) is 53.0 Å². The summed E-state index contributed by atoms with van der Waals surface area (Å²) in [4.78, 5) is 23.4. The molecule has 1 aliphatic heterocycles. The molecular weight excluding hydrogens is 300 g/mol. The van der Waals surface area contributed by atoms with Gasteiger partial charge in [0.2, 0.25) is 0 Å². The monoisotopic (exact) mass is 324 g/mol. The van der Waals surface area contributed by atoms with Crippen LogP contribution in [-0.4, -0.2) is 29.0 Å². The van der Waals surface area contributed by atoms with Crippen molar-refractivity contribution in [3.63, 3.8) is 0 Å². The Hall–Kier alpha value is -2.43. The average Bonchev–Trinajstić information content (AvgIpc) is 2.58. The lowest BCUT2D eigenvalue weighted by atomic mass is 10.00. The number of aryl methyl sites for hydroxylation is 1. The number of carbonyl (C=O) groups excluding carboxylic acids is 1. The van der Waals surface area contributed by atoms with Crippen LogP contribution in [0.1, 0.15) is 41.3 Å². The van der Waals surface area contributed by atoms with Gasteiger partial charge < -0.3 is 10.2 Å². The summed E-state index contributed by atoms with van der Waals surface area (Å²) < 4.78 is 0. The fourth-order valence-electron chi connectivity index (χ4n) is 2.91. The maximum absolute atomic E-state index is 12.3. The van der Waals surface area contributed by atoms with Gasteiger partial charge in [0.1, 0.15) is 17.3 Å². The van der Waals surface area contributed by atoms with E-state index in [0.717, 1.165) is 25.3 Å². The number of anilines is 1. The van der Waals surface area contributed by atoms with Gasteiger partial charge in [-0.05, 0) is 30.4 Å². The van der Waals surface area contributed by atoms with Crippen LogP contribution in [-0.2, 0) is 13.0 Å². The van der Waals surface area contributed by atoms with Gasteiger partial charge in [-0.15, -0.1) is 0 Å². The van der Waals surface area contributed by atoms with Crippen molar-refractivity contribution in [1.29, 1.82) is 0 Å². The summed E-state index contributed by atoms with van der Waals surface area (Å²) in [6.07, 6.45) is 0.994. The first kappa shape index (κ1) is 16.4. The Balaban J connectivity index is 1.81. The van der Waals surface area contributed by atoms with Gasteiger partial charge in [0, 0.05) is 25.7 Å². The Kier molecular flexibility index (Phi) is 4.79. The van der Waals surface area contributed by atoms with Crippen LogP contribution in [0, 0.1) is 12.8 Å². The first-order valence-electron chi connectivity index (χ1n) is 8.48. The van der Waals surface area contributed by atoms with E-state index in [1.807, 2.05) is 6.92 Å². The second-order valence-electron chi connectivity index (χ2n) is 6.70. The first-order chi connectivity index (χ1) is 11.5. The minimum Gasteiger partial charge on any atom is -0.352 e. The van der Waals surface area contributed by atoms with Crippen LogP contribution in [0.2, 0.25) is 0 Å². The van der Waals surface area contributed by atoms with E-state index in [1.165, 1.54) is 11.1 Å². The standard InChI is InChI=1S/C19H24N4O/c1-13(2)11-20-19(24)17-10-18(22-14(3)21-17)23-9-8-15-6-4-5-7-16(15)12-23/h4-7,10,13H,8-9,11-12H2,1-3H3,(H,20,24). The van der Waals surface area contributed by atoms with E-state index in [9.17, 15) is 4.79 Å². The van der Waals surface area contributed by atoms with Crippen molar-refractivity contribution in [2.75, 3.05) is 18.0 Å². The highest BCUT2D eigenvalue weighted by atomic mass is 16.1. The molecule has 1 aliphatic rings. The lowest BCUT2D eigenvalue weighted by Gasteiger charge is -2.30. The summed E-state index contributed by atoms with van der Waals surface area (Å²) in [7, 11) is 0. The topological polar surface area (TPSA) is 58.1 Å². The number of nitrogens with zero attached hydrogens (tertiary/aromatic N) is 3. The third kappa shape index (κ3) is 3.72. The molecule has 0 unspecified atom stereocenters. The highest BCUT2D eigenvalue weighted by molar-refractivity contribution is 5.92. The SMILES string of the molecule is Cc1nc(C(=O)NCC(C)C)cc(N2CCc3ccccc3C2)n1. The summed E-state index contributed by atoms with van der Waals surface area (Å²) in [5.74, 6) is 1.73. The van der Waals surface area contributed by atoms with Crippen LogP contribution in [0.25, 0.3) is 0 Å². The Morgan fingerprint density at radius 2 is 2.00 bits per heavy atom. The van der Waals surface area contributed by atoms with Gasteiger partial charge in [0.05, 0.1) is 0 Å². The van der Waals surface area contributed by atoms with Gasteiger partial charge in [-0.25, -0.2) is 9.97 Å². The number of benzene rings is 1. The fourth-order valence-corrected chi connectivity index (χ4v) is 2.91. The number of hydrogen-bond acceptors (Lipinski definition) is 4. The van der Waals surface area contributed by atoms with Crippen molar-refractivity contribution < 1.29 is 4.79 Å². The van der Waals surface area contributed by atoms with Gasteiger partial charge >= 0.3 is 0 Å². The summed E-state index contributed by atoms with van der Waals surface area (Å²) in [5, 5.41) is 2.92. The molecule has 0 aliphatic carbocycles. The van der Waals surface area contributed by atoms with E-state index in [4.69, 9.17) is 0 Å². The summed E-state index contributed by atoms with van der Waals surface area (Å²) >= 11 is 0. The molecule has 1 amide bonds. The molecule has 3 rings (SSSR count). The minimum atomic E-state index is -0.132. The number of amides is 1. The largest absolute Gasteiger partial charge is 0.352 e. The molecule has 126 valence electrons. The molecule has 1 N–H and O–H groups in total. The second-order valence-corrected chi connectivity index (χ2v) is 6.70. The maximum Gasteiger partial charge on any atom is 0.270 e. The van der Waals surface area contributed by atoms with Crippen LogP contribution < -0.4 is 10.2 Å². The number of hydrogen-bond donors (Lipinski definition) is 1. The van der Waals surface area contributed by atoms with Crippen LogP contribution >= 0.6 is 0 Å². The molecule has 0 spiro atoms. The van der Waals surface area contributed by atoms with Crippen LogP contribution in [0.5, 0.6) is 0 Å². The van der Waals surface area contributed by atoms with Crippen molar-refractivity contribution in [1.82, 2.24) is 15.3 Å². The lowest BCUT2D eigenvalue weighted by molar-refractivity contribution is 0.0943. The van der Waals surface area contributed by atoms with E-state index in [-0.39, 0.29) is 5.91 Å². The Morgan fingerprint density at radius 1 is 1.25 bits per heavy atom. The minimum absolute atomic E-state index is 0.132. The molecule has 2 aromatic rings. The number of carbonyl (C=O) groups is 1. The predicted molar refractivity (Wildman–Crippen MR) is 95.1 cm³/mol. The molecule has 24 heavy (non-hydrogen) atoms. The van der Waals surface area contributed by atoms with E-state index >= 15 is 0 Å². The van der Waals surface area contributed by atoms with E-state index < -0.39 is 0 Å². The quantitative estimate of drug-likeness (QED) is 0.939. The molecule has 0 saturated heterocycles. The summed E-state index contributed by atoms with van der Waals surface area (Å²) in [5.41, 5.74) is 3.16. The van der Waals surface area contributed by atoms with Crippen LogP contribution in [0.4, 0.5) is 5.82 Å². The van der Waals surface area contributed by atoms with Crippen molar-refractivity contribution in [3.8, 4) is 0 Å². The highest BCUT2D eigenvalue weighted by Gasteiger charge is 2.19. The highest BCUT2D eigenvalue weighted by Crippen LogP contribution is 2.23. The first-order valence-corrected chi connectivity index (χ1v) is 8.48. The van der Waals surface area contributed by atoms with Crippen molar-refractivity contribution in [2.45, 2.75) is 33.7 Å². The van der Waals surface area contributed by atoms with Gasteiger partial charge in [0.25, 0.3) is 5.91 Å². The van der Waals surface area contributed by atoms with E-state index in [1.54, 1.807) is 6.07 Å². The zero-order valence-electron chi connectivity index (χ0n) is 14.5. The number of aromatic nitrogens is 2. The number of fused-ring (bicyclic) bond motifs is 1. The van der Waals surface area contributed by atoms with Gasteiger partial charge in [0.15, 0.2) is 0 Å². The molecule has 0 radical (unpaired) electrons. The molecular formula is C19H24N4O. The predicted octanol–water partition coefficient (Wildman–Crippen LogP) is 2.73. The molecule has 2 heterocycles. The molecule has 1 aromatic heterocycles. The van der Waals surface area contributed by atoms with Gasteiger partial charge in [-0.1, -0.05) is 38.1 Å². The van der Waals surface area contributed by atoms with Gasteiger partial charge in [-0.2, -0.15) is 0 Å². The normalized spacial score (nSPS) is 13.8. The smallest absolute Gasteiger partial charge is 0.270 e. The molecule has 0 bridgehead atoms. The summed E-state index contributed by atoms with van der Waals surface area (Å²) in [6.45, 7) is 8.35. The van der Waals surface area contributed by atoms with Crippen LogP contribution in [0.3, 0.4) is 0 Å². The van der Waals surface area contributed by atoms with Crippen molar-refractivity contribution >= 4 is 11.7 Å². The molecule has 5 nitrogen and oxygen atoms in total. The molecule has 0 fully saturated rings. The molecule has 1 aromatic carbocycles. The average molecular weight is 324 g/mol. The zero-order valence-corrected chi connectivity index (χ0v) is 14.5. The number of nitrogens with one attached hydrogen (secondary N) is 1. The lowest BCUT2D eigenvalue weighted by Crippen LogP contribution is -2.32. The Labute approximate surface area is 143 Å². The van der Waals surface area contributed by atoms with Crippen LogP contribution in [0.15, 0.2) is 30.3 Å². The third-order valence-corrected chi connectivity index (χ3v) is 4.18. The van der Waals surface area contributed by atoms with Crippen molar-refractivity contribution in [2.24, 2.45) is 5.92 Å². The third-order valence-electron chi connectivity index (χ3n) is 4.18. The second kappa shape index (κ2) is 6.99. The Bertz CT molecular complexity index is 742. The molecule has 0 saturated carbocycles. The Morgan fingerprint density at radius 3 is 2.75 bits per heavy atom. The summed E-state index contributed by atoms with van der Waals surface area (Å²) in [6, 6.07) is 10.3. The zero-order chi connectivity index (χ0) is 17.1. The van der Waals surface area contributed by atoms with Gasteiger partial charge in [-0.3, -0.25) is 4.79 Å². The number of rotatable bonds is 4. The molecule has 5 heteroatoms. The van der Waals surface area contributed by atoms with E-state index in [0.29, 0.717) is 24.0 Å².